The molecule has 35 heavy (non-hydrogen) atoms. The van der Waals surface area contributed by atoms with E-state index in [0.29, 0.717) is 22.7 Å². The minimum Gasteiger partial charge on any atom is -0.361 e. The van der Waals surface area contributed by atoms with Gasteiger partial charge in [-0.2, -0.15) is 13.2 Å². The third kappa shape index (κ3) is 4.76. The molecule has 3 N–H and O–H groups in total. The van der Waals surface area contributed by atoms with Crippen LogP contribution in [0.25, 0.3) is 22.1 Å². The van der Waals surface area contributed by atoms with Crippen molar-refractivity contribution in [3.8, 4) is 0 Å². The Morgan fingerprint density at radius 3 is 2.51 bits per heavy atom. The molecule has 0 amide bonds. The topological polar surface area (TPSA) is 113 Å². The zero-order valence-corrected chi connectivity index (χ0v) is 18.8. The van der Waals surface area contributed by atoms with Gasteiger partial charge >= 0.3 is 6.18 Å². The number of nitrogens with one attached hydrogen (secondary N) is 3. The smallest absolute Gasteiger partial charge is 0.361 e. The highest BCUT2D eigenvalue weighted by Crippen LogP contribution is 2.33. The highest BCUT2D eigenvalue weighted by Gasteiger charge is 2.34. The van der Waals surface area contributed by atoms with Gasteiger partial charge in [0.25, 0.3) is 5.56 Å². The number of hydrogen-bond donors (Lipinski definition) is 3. The molecule has 0 spiro atoms. The van der Waals surface area contributed by atoms with Gasteiger partial charge in [-0.25, -0.2) is 24.6 Å². The second kappa shape index (κ2) is 9.79. The van der Waals surface area contributed by atoms with Crippen molar-refractivity contribution in [2.75, 3.05) is 10.7 Å². The van der Waals surface area contributed by atoms with Gasteiger partial charge in [0.1, 0.15) is 11.8 Å². The van der Waals surface area contributed by atoms with Crippen molar-refractivity contribution in [2.24, 2.45) is 0 Å². The molecule has 5 rings (SSSR count). The Bertz CT molecular complexity index is 1510. The molecule has 5 aromatic rings. The van der Waals surface area contributed by atoms with E-state index in [1.165, 1.54) is 24.8 Å². The van der Waals surface area contributed by atoms with Crippen LogP contribution in [0.4, 0.5) is 24.7 Å². The molecular weight excluding hydrogens is 461 g/mol. The number of H-pyrrole nitrogens is 1. The molecule has 12 heteroatoms. The standard InChI is InChI=1S/C21H15F3N8O.C2H6/c22-21(23,24)13-7-4-8-14-16(13)20(33)32(31-12-5-2-1-3-6-12)15(30-14)9-25-18-17-19(27-10-26-17)29-11-28-18;1-2/h1-8,10-11,31H,9H2,(H2,25,26,27,28,29);1-2H3. The molecule has 0 saturated heterocycles. The van der Waals surface area contributed by atoms with Gasteiger partial charge in [-0.1, -0.05) is 38.1 Å². The second-order valence-corrected chi connectivity index (χ2v) is 7.02. The Morgan fingerprint density at radius 1 is 1.00 bits per heavy atom. The van der Waals surface area contributed by atoms with Crippen LogP contribution >= 0.6 is 0 Å². The molecule has 3 aromatic heterocycles. The molecule has 0 aliphatic rings. The summed E-state index contributed by atoms with van der Waals surface area (Å²) < 4.78 is 41.8. The highest BCUT2D eigenvalue weighted by atomic mass is 19.4. The number of benzene rings is 2. The zero-order chi connectivity index (χ0) is 25.0. The molecule has 0 aliphatic heterocycles. The lowest BCUT2D eigenvalue weighted by atomic mass is 10.1. The predicted molar refractivity (Wildman–Crippen MR) is 127 cm³/mol. The van der Waals surface area contributed by atoms with Crippen LogP contribution in [0.5, 0.6) is 0 Å². The number of aromatic nitrogens is 6. The third-order valence-electron chi connectivity index (χ3n) is 4.92. The van der Waals surface area contributed by atoms with Crippen LogP contribution in [0.1, 0.15) is 25.2 Å². The molecule has 180 valence electrons. The second-order valence-electron chi connectivity index (χ2n) is 7.02. The first kappa shape index (κ1) is 23.7. The van der Waals surface area contributed by atoms with E-state index in [4.69, 9.17) is 0 Å². The summed E-state index contributed by atoms with van der Waals surface area (Å²) in [6.07, 6.45) is -1.92. The number of imidazole rings is 1. The lowest BCUT2D eigenvalue weighted by Gasteiger charge is -2.18. The normalized spacial score (nSPS) is 11.2. The summed E-state index contributed by atoms with van der Waals surface area (Å²) in [7, 11) is 0. The monoisotopic (exact) mass is 482 g/mol. The Balaban J connectivity index is 0.00000141. The Kier molecular flexibility index (Phi) is 6.62. The Morgan fingerprint density at radius 2 is 1.77 bits per heavy atom. The lowest BCUT2D eigenvalue weighted by molar-refractivity contribution is -0.136. The molecule has 0 unspecified atom stereocenters. The summed E-state index contributed by atoms with van der Waals surface area (Å²) in [6.45, 7) is 3.98. The average molecular weight is 482 g/mol. The first-order valence-electron chi connectivity index (χ1n) is 10.7. The van der Waals surface area contributed by atoms with Crippen molar-refractivity contribution in [2.45, 2.75) is 26.6 Å². The van der Waals surface area contributed by atoms with Gasteiger partial charge in [0.2, 0.25) is 0 Å². The predicted octanol–water partition coefficient (Wildman–Crippen LogP) is 4.60. The van der Waals surface area contributed by atoms with E-state index in [2.05, 4.69) is 35.7 Å². The number of hydrogen-bond acceptors (Lipinski definition) is 7. The molecule has 0 aliphatic carbocycles. The van der Waals surface area contributed by atoms with Crippen molar-refractivity contribution >= 4 is 33.6 Å². The van der Waals surface area contributed by atoms with Gasteiger partial charge in [-0.3, -0.25) is 10.2 Å². The lowest BCUT2D eigenvalue weighted by Crippen LogP contribution is -2.33. The van der Waals surface area contributed by atoms with E-state index in [1.807, 2.05) is 13.8 Å². The first-order valence-corrected chi connectivity index (χ1v) is 10.7. The van der Waals surface area contributed by atoms with Crippen molar-refractivity contribution in [3.63, 3.8) is 0 Å². The molecule has 9 nitrogen and oxygen atoms in total. The van der Waals surface area contributed by atoms with Crippen molar-refractivity contribution in [1.82, 2.24) is 29.6 Å². The Labute approximate surface area is 197 Å². The van der Waals surface area contributed by atoms with E-state index >= 15 is 0 Å². The number of alkyl halides is 3. The molecular formula is C23H21F3N8O. The minimum atomic E-state index is -4.71. The van der Waals surface area contributed by atoms with Crippen LogP contribution in [0.2, 0.25) is 0 Å². The largest absolute Gasteiger partial charge is 0.417 e. The fourth-order valence-electron chi connectivity index (χ4n) is 3.45. The third-order valence-corrected chi connectivity index (χ3v) is 4.92. The van der Waals surface area contributed by atoms with E-state index in [9.17, 15) is 18.0 Å². The molecule has 2 aromatic carbocycles. The molecule has 0 bridgehead atoms. The van der Waals surface area contributed by atoms with Gasteiger partial charge < -0.3 is 10.3 Å². The number of nitrogens with zero attached hydrogens (tertiary/aromatic N) is 5. The van der Waals surface area contributed by atoms with Gasteiger partial charge in [-0.15, -0.1) is 0 Å². The van der Waals surface area contributed by atoms with E-state index in [0.717, 1.165) is 10.7 Å². The molecule has 0 radical (unpaired) electrons. The zero-order valence-electron chi connectivity index (χ0n) is 18.8. The fourth-order valence-corrected chi connectivity index (χ4v) is 3.45. The molecule has 0 saturated carbocycles. The van der Waals surface area contributed by atoms with Crippen molar-refractivity contribution in [1.29, 1.82) is 0 Å². The maximum atomic E-state index is 13.6. The summed E-state index contributed by atoms with van der Waals surface area (Å²) in [5.41, 5.74) is 2.37. The van der Waals surface area contributed by atoms with Crippen LogP contribution < -0.4 is 16.3 Å². The first-order chi connectivity index (χ1) is 16.9. The summed E-state index contributed by atoms with van der Waals surface area (Å²) in [5.74, 6) is 0.559. The quantitative estimate of drug-likeness (QED) is 0.336. The van der Waals surface area contributed by atoms with Crippen molar-refractivity contribution in [3.05, 3.63) is 82.9 Å². The van der Waals surface area contributed by atoms with Crippen LogP contribution in [-0.2, 0) is 12.7 Å². The van der Waals surface area contributed by atoms with Crippen molar-refractivity contribution < 1.29 is 13.2 Å². The number of halogens is 3. The number of rotatable bonds is 5. The molecule has 3 heterocycles. The SMILES string of the molecule is CC.O=c1c2c(C(F)(F)F)cccc2nc(CNc2ncnc3nc[nH]c23)n1Nc1ccccc1. The summed E-state index contributed by atoms with van der Waals surface area (Å²) >= 11 is 0. The van der Waals surface area contributed by atoms with Gasteiger partial charge in [-0.05, 0) is 24.3 Å². The van der Waals surface area contributed by atoms with Crippen LogP contribution in [0.3, 0.4) is 0 Å². The number of fused-ring (bicyclic) bond motifs is 2. The Hall–Kier alpha value is -4.48. The maximum absolute atomic E-state index is 13.6. The van der Waals surface area contributed by atoms with Crippen LogP contribution in [0, 0.1) is 0 Å². The van der Waals surface area contributed by atoms with Gasteiger partial charge in [0, 0.05) is 0 Å². The van der Waals surface area contributed by atoms with Crippen LogP contribution in [-0.4, -0.2) is 29.6 Å². The summed E-state index contributed by atoms with van der Waals surface area (Å²) in [5, 5.41) is 2.53. The summed E-state index contributed by atoms with van der Waals surface area (Å²) in [6, 6.07) is 12.1. The maximum Gasteiger partial charge on any atom is 0.417 e. The number of para-hydroxylation sites is 1. The van der Waals surface area contributed by atoms with E-state index < -0.39 is 22.7 Å². The van der Waals surface area contributed by atoms with Gasteiger partial charge in [0.05, 0.1) is 35.0 Å². The number of aromatic amines is 1. The van der Waals surface area contributed by atoms with Crippen LogP contribution in [0.15, 0.2) is 66.0 Å². The molecule has 0 fully saturated rings. The fraction of sp³-hybridized carbons (Fsp3) is 0.174. The number of anilines is 2. The van der Waals surface area contributed by atoms with E-state index in [-0.39, 0.29) is 17.9 Å². The van der Waals surface area contributed by atoms with Gasteiger partial charge in [0.15, 0.2) is 17.3 Å². The highest BCUT2D eigenvalue weighted by molar-refractivity contribution is 5.83. The molecule has 0 atom stereocenters. The summed E-state index contributed by atoms with van der Waals surface area (Å²) in [4.78, 5) is 32.8. The average Bonchev–Trinajstić information content (AvgIpc) is 3.35. The minimum absolute atomic E-state index is 0.0214. The van der Waals surface area contributed by atoms with E-state index in [1.54, 1.807) is 30.3 Å².